The van der Waals surface area contributed by atoms with Crippen molar-refractivity contribution in [3.8, 4) is 6.01 Å². The Bertz CT molecular complexity index is 763. The molecule has 1 amide bonds. The molecule has 0 N–H and O–H groups in total. The van der Waals surface area contributed by atoms with Crippen LogP contribution >= 0.6 is 0 Å². The number of amides is 1. The predicted molar refractivity (Wildman–Crippen MR) is 123 cm³/mol. The van der Waals surface area contributed by atoms with E-state index in [0.717, 1.165) is 44.2 Å². The lowest BCUT2D eigenvalue weighted by Gasteiger charge is -2.34. The summed E-state index contributed by atoms with van der Waals surface area (Å²) in [6, 6.07) is 0.351. The molecule has 32 heavy (non-hydrogen) atoms. The molecule has 0 spiro atoms. The molecule has 9 heteroatoms. The van der Waals surface area contributed by atoms with Crippen LogP contribution in [0.4, 0.5) is 4.79 Å². The highest BCUT2D eigenvalue weighted by molar-refractivity contribution is 6.61. The minimum absolute atomic E-state index is 0.214. The van der Waals surface area contributed by atoms with E-state index in [1.165, 1.54) is 0 Å². The summed E-state index contributed by atoms with van der Waals surface area (Å²) >= 11 is 0. The molecule has 2 saturated heterocycles. The van der Waals surface area contributed by atoms with Crippen LogP contribution in [0.25, 0.3) is 0 Å². The first-order valence-electron chi connectivity index (χ1n) is 11.6. The molecular formula is C23H38BN3O5. The van der Waals surface area contributed by atoms with Crippen LogP contribution in [0.15, 0.2) is 12.4 Å². The summed E-state index contributed by atoms with van der Waals surface area (Å²) in [7, 11) is -0.478. The number of rotatable bonds is 6. The summed E-state index contributed by atoms with van der Waals surface area (Å²) in [4.78, 5) is 22.8. The molecule has 2 aliphatic heterocycles. The summed E-state index contributed by atoms with van der Waals surface area (Å²) in [5, 5.41) is 0. The molecule has 1 aromatic heterocycles. The van der Waals surface area contributed by atoms with Crippen molar-refractivity contribution in [2.24, 2.45) is 5.92 Å². The SMILES string of the molecule is CC(C)(C)OC(=O)N1CCC[C@H](CCCOc2ncc(B3OC(C)(C)C(C)(C)O3)cn2)C1. The van der Waals surface area contributed by atoms with Gasteiger partial charge in [-0.3, -0.25) is 0 Å². The molecular weight excluding hydrogens is 409 g/mol. The van der Waals surface area contributed by atoms with Gasteiger partial charge in [-0.05, 0) is 80.1 Å². The highest BCUT2D eigenvalue weighted by atomic mass is 16.7. The molecule has 3 rings (SSSR count). The Hall–Kier alpha value is -1.87. The van der Waals surface area contributed by atoms with Crippen molar-refractivity contribution < 1.29 is 23.6 Å². The standard InChI is InChI=1S/C23H38BN3O5/c1-21(2,3)30-20(28)27-12-8-10-17(16-27)11-9-13-29-19-25-14-18(15-26-19)24-31-22(4,5)23(6,7)32-24/h14-15,17H,8-13,16H2,1-7H3/t17-/m1/s1. The first-order chi connectivity index (χ1) is 14.9. The molecule has 0 aliphatic carbocycles. The van der Waals surface area contributed by atoms with Gasteiger partial charge in [0.1, 0.15) is 5.60 Å². The molecule has 2 fully saturated rings. The van der Waals surface area contributed by atoms with Crippen molar-refractivity contribution in [1.82, 2.24) is 14.9 Å². The number of hydrogen-bond acceptors (Lipinski definition) is 7. The third-order valence-electron chi connectivity index (χ3n) is 6.33. The van der Waals surface area contributed by atoms with E-state index in [1.54, 1.807) is 12.4 Å². The fraction of sp³-hybridized carbons (Fsp3) is 0.783. The van der Waals surface area contributed by atoms with Gasteiger partial charge in [0.15, 0.2) is 0 Å². The third-order valence-corrected chi connectivity index (χ3v) is 6.33. The first-order valence-corrected chi connectivity index (χ1v) is 11.6. The molecule has 1 atom stereocenters. The second kappa shape index (κ2) is 9.55. The molecule has 2 aliphatic rings. The van der Waals surface area contributed by atoms with Gasteiger partial charge in [-0.2, -0.15) is 0 Å². The van der Waals surface area contributed by atoms with Crippen LogP contribution in [-0.4, -0.2) is 64.6 Å². The number of ether oxygens (including phenoxy) is 2. The summed E-state index contributed by atoms with van der Waals surface area (Å²) in [5.41, 5.74) is -0.480. The van der Waals surface area contributed by atoms with Crippen molar-refractivity contribution in [3.05, 3.63) is 12.4 Å². The molecule has 0 radical (unpaired) electrons. The predicted octanol–water partition coefficient (Wildman–Crippen LogP) is 3.58. The van der Waals surface area contributed by atoms with Crippen LogP contribution in [0.5, 0.6) is 6.01 Å². The highest BCUT2D eigenvalue weighted by Crippen LogP contribution is 2.36. The van der Waals surface area contributed by atoms with E-state index in [1.807, 2.05) is 53.4 Å². The largest absolute Gasteiger partial charge is 0.498 e. The van der Waals surface area contributed by atoms with Crippen LogP contribution in [-0.2, 0) is 14.0 Å². The lowest BCUT2D eigenvalue weighted by Crippen LogP contribution is -2.42. The van der Waals surface area contributed by atoms with E-state index in [9.17, 15) is 4.79 Å². The van der Waals surface area contributed by atoms with Gasteiger partial charge in [-0.1, -0.05) is 0 Å². The van der Waals surface area contributed by atoms with Gasteiger partial charge < -0.3 is 23.7 Å². The second-order valence-electron chi connectivity index (χ2n) is 10.8. The van der Waals surface area contributed by atoms with Crippen LogP contribution in [0, 0.1) is 5.92 Å². The summed E-state index contributed by atoms with van der Waals surface area (Å²) in [6.07, 6.45) is 7.19. The highest BCUT2D eigenvalue weighted by Gasteiger charge is 2.52. The fourth-order valence-corrected chi connectivity index (χ4v) is 3.83. The molecule has 3 heterocycles. The smallest absolute Gasteiger partial charge is 0.463 e. The van der Waals surface area contributed by atoms with Crippen LogP contribution in [0.3, 0.4) is 0 Å². The molecule has 0 unspecified atom stereocenters. The van der Waals surface area contributed by atoms with Gasteiger partial charge in [0, 0.05) is 30.9 Å². The van der Waals surface area contributed by atoms with Crippen molar-refractivity contribution in [2.45, 2.75) is 91.0 Å². The Labute approximate surface area is 192 Å². The van der Waals surface area contributed by atoms with Gasteiger partial charge in [-0.15, -0.1) is 0 Å². The van der Waals surface area contributed by atoms with Crippen LogP contribution in [0.1, 0.15) is 74.1 Å². The van der Waals surface area contributed by atoms with Crippen LogP contribution < -0.4 is 10.2 Å². The number of aromatic nitrogens is 2. The number of likely N-dealkylation sites (tertiary alicyclic amines) is 1. The van der Waals surface area contributed by atoms with Gasteiger partial charge in [0.25, 0.3) is 0 Å². The fourth-order valence-electron chi connectivity index (χ4n) is 3.83. The maximum absolute atomic E-state index is 12.3. The molecule has 178 valence electrons. The van der Waals surface area contributed by atoms with E-state index >= 15 is 0 Å². The van der Waals surface area contributed by atoms with Crippen molar-refractivity contribution in [1.29, 1.82) is 0 Å². The van der Waals surface area contributed by atoms with Crippen molar-refractivity contribution in [3.63, 3.8) is 0 Å². The van der Waals surface area contributed by atoms with Gasteiger partial charge in [-0.25, -0.2) is 14.8 Å². The van der Waals surface area contributed by atoms with Crippen LogP contribution in [0.2, 0.25) is 0 Å². The zero-order valence-electron chi connectivity index (χ0n) is 20.6. The average Bonchev–Trinajstić information content (AvgIpc) is 2.92. The van der Waals surface area contributed by atoms with Gasteiger partial charge in [0.05, 0.1) is 17.8 Å². The Morgan fingerprint density at radius 2 is 1.81 bits per heavy atom. The first kappa shape index (κ1) is 24.8. The molecule has 0 aromatic carbocycles. The Morgan fingerprint density at radius 3 is 2.41 bits per heavy atom. The average molecular weight is 447 g/mol. The number of piperidine rings is 1. The third kappa shape index (κ3) is 6.35. The molecule has 1 aromatic rings. The zero-order valence-corrected chi connectivity index (χ0v) is 20.6. The topological polar surface area (TPSA) is 83.0 Å². The minimum Gasteiger partial charge on any atom is -0.463 e. The van der Waals surface area contributed by atoms with E-state index < -0.39 is 23.9 Å². The lowest BCUT2D eigenvalue weighted by atomic mass is 9.81. The summed E-state index contributed by atoms with van der Waals surface area (Å²) < 4.78 is 23.3. The quantitative estimate of drug-likeness (QED) is 0.487. The minimum atomic E-state index is -0.478. The van der Waals surface area contributed by atoms with E-state index in [4.69, 9.17) is 18.8 Å². The molecule has 8 nitrogen and oxygen atoms in total. The maximum Gasteiger partial charge on any atom is 0.498 e. The Morgan fingerprint density at radius 1 is 1.19 bits per heavy atom. The molecule has 0 saturated carbocycles. The number of nitrogens with zero attached hydrogens (tertiary/aromatic N) is 3. The Balaban J connectivity index is 1.40. The zero-order chi connectivity index (χ0) is 23.6. The van der Waals surface area contributed by atoms with Gasteiger partial charge in [0.2, 0.25) is 0 Å². The van der Waals surface area contributed by atoms with Crippen molar-refractivity contribution in [2.75, 3.05) is 19.7 Å². The van der Waals surface area contributed by atoms with E-state index in [0.29, 0.717) is 18.5 Å². The lowest BCUT2D eigenvalue weighted by molar-refractivity contribution is 0.00578. The van der Waals surface area contributed by atoms with Gasteiger partial charge >= 0.3 is 19.2 Å². The second-order valence-corrected chi connectivity index (χ2v) is 10.8. The number of hydrogen-bond donors (Lipinski definition) is 0. The monoisotopic (exact) mass is 447 g/mol. The van der Waals surface area contributed by atoms with Crippen molar-refractivity contribution >= 4 is 18.7 Å². The molecule has 0 bridgehead atoms. The normalized spacial score (nSPS) is 22.7. The summed E-state index contributed by atoms with van der Waals surface area (Å²) in [5.74, 6) is 0.464. The summed E-state index contributed by atoms with van der Waals surface area (Å²) in [6.45, 7) is 15.8. The Kier molecular flexibility index (Phi) is 7.39. The van der Waals surface area contributed by atoms with E-state index in [2.05, 4.69) is 9.97 Å². The maximum atomic E-state index is 12.3. The number of carbonyl (C=O) groups excluding carboxylic acids is 1. The van der Waals surface area contributed by atoms with E-state index in [-0.39, 0.29) is 6.09 Å². The number of carbonyl (C=O) groups is 1.